The van der Waals surface area contributed by atoms with E-state index in [4.69, 9.17) is 0 Å². The minimum Gasteiger partial charge on any atom is -0.350 e. The van der Waals surface area contributed by atoms with Crippen LogP contribution in [0.2, 0.25) is 0 Å². The van der Waals surface area contributed by atoms with E-state index in [1.165, 1.54) is 16.9 Å². The lowest BCUT2D eigenvalue weighted by Gasteiger charge is -2.15. The van der Waals surface area contributed by atoms with E-state index in [2.05, 4.69) is 15.5 Å². The lowest BCUT2D eigenvalue weighted by atomic mass is 10.1. The Kier molecular flexibility index (Phi) is 5.28. The molecule has 0 saturated carbocycles. The van der Waals surface area contributed by atoms with Gasteiger partial charge in [-0.05, 0) is 18.9 Å². The quantitative estimate of drug-likeness (QED) is 0.850. The molecule has 1 aromatic heterocycles. The molecule has 1 aromatic carbocycles. The third-order valence-corrected chi connectivity index (χ3v) is 5.09. The highest BCUT2D eigenvalue weighted by molar-refractivity contribution is 7.19. The zero-order valence-electron chi connectivity index (χ0n) is 14.4. The van der Waals surface area contributed by atoms with Gasteiger partial charge in [-0.1, -0.05) is 41.2 Å². The smallest absolute Gasteiger partial charge is 0.239 e. The van der Waals surface area contributed by atoms with Crippen molar-refractivity contribution >= 4 is 33.4 Å². The largest absolute Gasteiger partial charge is 0.350 e. The number of carbonyl (C=O) groups is 2. The van der Waals surface area contributed by atoms with Crippen molar-refractivity contribution in [2.45, 2.75) is 26.3 Å². The average Bonchev–Trinajstić information content (AvgIpc) is 3.23. The molecule has 132 valence electrons. The minimum atomic E-state index is -0.0860. The average molecular weight is 359 g/mol. The van der Waals surface area contributed by atoms with E-state index in [0.717, 1.165) is 12.0 Å². The number of nitrogens with zero attached hydrogens (tertiary/aromatic N) is 4. The predicted octanol–water partition coefficient (Wildman–Crippen LogP) is 1.73. The van der Waals surface area contributed by atoms with E-state index in [9.17, 15) is 9.59 Å². The van der Waals surface area contributed by atoms with Crippen molar-refractivity contribution in [2.24, 2.45) is 0 Å². The highest BCUT2D eigenvalue weighted by Crippen LogP contribution is 2.29. The summed E-state index contributed by atoms with van der Waals surface area (Å²) in [5, 5.41) is 12.3. The first-order valence-electron chi connectivity index (χ1n) is 8.20. The highest BCUT2D eigenvalue weighted by Gasteiger charge is 2.25. The predicted molar refractivity (Wildman–Crippen MR) is 97.8 cm³/mol. The maximum absolute atomic E-state index is 12.1. The van der Waals surface area contributed by atoms with Crippen LogP contribution in [0.25, 0.3) is 0 Å². The zero-order chi connectivity index (χ0) is 17.8. The van der Waals surface area contributed by atoms with E-state index in [1.54, 1.807) is 16.8 Å². The van der Waals surface area contributed by atoms with E-state index < -0.39 is 0 Å². The second-order valence-corrected chi connectivity index (χ2v) is 7.07. The van der Waals surface area contributed by atoms with Crippen molar-refractivity contribution in [1.29, 1.82) is 0 Å². The van der Waals surface area contributed by atoms with Gasteiger partial charge in [0.2, 0.25) is 22.1 Å². The summed E-state index contributed by atoms with van der Waals surface area (Å²) in [5.74, 6) is -0.00160. The number of carbonyl (C=O) groups excluding carboxylic acids is 2. The molecule has 8 heteroatoms. The number of nitrogens with one attached hydrogen (secondary N) is 1. The molecule has 0 atom stereocenters. The number of anilines is 2. The monoisotopic (exact) mass is 359 g/mol. The molecule has 0 radical (unpaired) electrons. The molecule has 0 spiro atoms. The van der Waals surface area contributed by atoms with E-state index in [0.29, 0.717) is 29.8 Å². The Morgan fingerprint density at radius 2 is 2.08 bits per heavy atom. The van der Waals surface area contributed by atoms with Gasteiger partial charge >= 0.3 is 0 Å². The fraction of sp³-hybridized carbons (Fsp3) is 0.412. The van der Waals surface area contributed by atoms with Crippen molar-refractivity contribution in [2.75, 3.05) is 29.9 Å². The van der Waals surface area contributed by atoms with Crippen molar-refractivity contribution < 1.29 is 9.59 Å². The van der Waals surface area contributed by atoms with E-state index in [-0.39, 0.29) is 18.4 Å². The molecule has 1 N–H and O–H groups in total. The van der Waals surface area contributed by atoms with Crippen LogP contribution in [-0.2, 0) is 16.1 Å². The van der Waals surface area contributed by atoms with Crippen molar-refractivity contribution in [3.8, 4) is 0 Å². The molecule has 1 saturated heterocycles. The summed E-state index contributed by atoms with van der Waals surface area (Å²) in [6, 6.07) is 8.05. The molecular weight excluding hydrogens is 338 g/mol. The SMILES string of the molecule is Cc1ccc(CNC(=O)CN(C)c2nnc(N3CCCC3=O)s2)cc1. The van der Waals surface area contributed by atoms with Gasteiger partial charge in [0.1, 0.15) is 0 Å². The fourth-order valence-electron chi connectivity index (χ4n) is 2.57. The van der Waals surface area contributed by atoms with Crippen molar-refractivity contribution in [3.05, 3.63) is 35.4 Å². The molecule has 25 heavy (non-hydrogen) atoms. The van der Waals surface area contributed by atoms with Crippen LogP contribution in [0.15, 0.2) is 24.3 Å². The molecule has 1 aliphatic rings. The van der Waals surface area contributed by atoms with Gasteiger partial charge in [-0.15, -0.1) is 10.2 Å². The molecule has 0 aliphatic carbocycles. The first-order valence-corrected chi connectivity index (χ1v) is 9.02. The number of likely N-dealkylation sites (N-methyl/N-ethyl adjacent to an activating group) is 1. The summed E-state index contributed by atoms with van der Waals surface area (Å²) >= 11 is 1.33. The van der Waals surface area contributed by atoms with Gasteiger partial charge in [0, 0.05) is 26.6 Å². The van der Waals surface area contributed by atoms with Crippen LogP contribution in [0.4, 0.5) is 10.3 Å². The molecule has 2 amide bonds. The number of hydrogen-bond acceptors (Lipinski definition) is 6. The number of aryl methyl sites for hydroxylation is 1. The lowest BCUT2D eigenvalue weighted by Crippen LogP contribution is -2.34. The number of benzene rings is 1. The summed E-state index contributed by atoms with van der Waals surface area (Å²) in [6.07, 6.45) is 1.41. The summed E-state index contributed by atoms with van der Waals surface area (Å²) in [4.78, 5) is 27.3. The Morgan fingerprint density at radius 3 is 2.76 bits per heavy atom. The summed E-state index contributed by atoms with van der Waals surface area (Å²) in [5.41, 5.74) is 2.26. The van der Waals surface area contributed by atoms with Crippen molar-refractivity contribution in [3.63, 3.8) is 0 Å². The molecule has 3 rings (SSSR count). The number of amides is 2. The normalized spacial score (nSPS) is 14.0. The Hall–Kier alpha value is -2.48. The van der Waals surface area contributed by atoms with Gasteiger partial charge in [0.15, 0.2) is 0 Å². The second-order valence-electron chi connectivity index (χ2n) is 6.13. The van der Waals surface area contributed by atoms with Crippen LogP contribution >= 0.6 is 11.3 Å². The topological polar surface area (TPSA) is 78.4 Å². The van der Waals surface area contributed by atoms with Crippen LogP contribution in [0.5, 0.6) is 0 Å². The molecular formula is C17H21N5O2S. The van der Waals surface area contributed by atoms with Crippen LogP contribution < -0.4 is 15.1 Å². The molecule has 1 fully saturated rings. The Labute approximate surface area is 150 Å². The first-order chi connectivity index (χ1) is 12.0. The number of rotatable bonds is 6. The third kappa shape index (κ3) is 4.33. The molecule has 0 unspecified atom stereocenters. The second kappa shape index (κ2) is 7.60. The molecule has 2 heterocycles. The fourth-order valence-corrected chi connectivity index (χ4v) is 3.42. The van der Waals surface area contributed by atoms with Gasteiger partial charge < -0.3 is 10.2 Å². The van der Waals surface area contributed by atoms with Gasteiger partial charge in [-0.2, -0.15) is 0 Å². The van der Waals surface area contributed by atoms with Gasteiger partial charge in [0.05, 0.1) is 6.54 Å². The third-order valence-electron chi connectivity index (χ3n) is 4.03. The summed E-state index contributed by atoms with van der Waals surface area (Å²) < 4.78 is 0. The Bertz CT molecular complexity index is 759. The van der Waals surface area contributed by atoms with Crippen LogP contribution in [0.3, 0.4) is 0 Å². The lowest BCUT2D eigenvalue weighted by molar-refractivity contribution is -0.120. The molecule has 2 aromatic rings. The Morgan fingerprint density at radius 1 is 1.32 bits per heavy atom. The Balaban J connectivity index is 1.52. The van der Waals surface area contributed by atoms with Crippen LogP contribution in [-0.4, -0.2) is 42.1 Å². The van der Waals surface area contributed by atoms with Gasteiger partial charge in [-0.25, -0.2) is 0 Å². The van der Waals surface area contributed by atoms with E-state index >= 15 is 0 Å². The summed E-state index contributed by atoms with van der Waals surface area (Å²) in [6.45, 7) is 3.41. The zero-order valence-corrected chi connectivity index (χ0v) is 15.2. The maximum Gasteiger partial charge on any atom is 0.239 e. The van der Waals surface area contributed by atoms with Gasteiger partial charge in [-0.3, -0.25) is 14.5 Å². The minimum absolute atomic E-state index is 0.0844. The maximum atomic E-state index is 12.1. The van der Waals surface area contributed by atoms with Crippen LogP contribution in [0.1, 0.15) is 24.0 Å². The molecule has 0 bridgehead atoms. The van der Waals surface area contributed by atoms with Crippen molar-refractivity contribution in [1.82, 2.24) is 15.5 Å². The first kappa shape index (κ1) is 17.3. The number of hydrogen-bond donors (Lipinski definition) is 1. The summed E-state index contributed by atoms with van der Waals surface area (Å²) in [7, 11) is 1.79. The molecule has 1 aliphatic heterocycles. The highest BCUT2D eigenvalue weighted by atomic mass is 32.1. The van der Waals surface area contributed by atoms with E-state index in [1.807, 2.05) is 31.2 Å². The standard InChI is InChI=1S/C17H21N5O2S/c1-12-5-7-13(8-6-12)10-18-14(23)11-21(2)16-19-20-17(25-16)22-9-3-4-15(22)24/h5-8H,3-4,9-11H2,1-2H3,(H,18,23). The van der Waals surface area contributed by atoms with Crippen LogP contribution in [0, 0.1) is 6.92 Å². The van der Waals surface area contributed by atoms with Gasteiger partial charge in [0.25, 0.3) is 0 Å². The molecule has 7 nitrogen and oxygen atoms in total. The number of aromatic nitrogens is 2.